The van der Waals surface area contributed by atoms with Gasteiger partial charge in [-0.05, 0) is 85.5 Å². The van der Waals surface area contributed by atoms with Gasteiger partial charge in [-0.25, -0.2) is 4.39 Å². The van der Waals surface area contributed by atoms with Crippen molar-refractivity contribution >= 4 is 27.5 Å². The molecule has 2 bridgehead atoms. The highest BCUT2D eigenvalue weighted by atomic mass is 19.1. The zero-order valence-corrected chi connectivity index (χ0v) is 24.4. The van der Waals surface area contributed by atoms with E-state index in [9.17, 15) is 9.50 Å². The van der Waals surface area contributed by atoms with Crippen LogP contribution in [-0.4, -0.2) is 76.6 Å². The summed E-state index contributed by atoms with van der Waals surface area (Å²) in [4.78, 5) is 14.7. The third-order valence-electron chi connectivity index (χ3n) is 10.2. The van der Waals surface area contributed by atoms with Crippen LogP contribution in [-0.2, 0) is 0 Å². The number of nitrogens with one attached hydrogen (secondary N) is 1. The fourth-order valence-electron chi connectivity index (χ4n) is 8.26. The van der Waals surface area contributed by atoms with Gasteiger partial charge in [-0.3, -0.25) is 4.90 Å². The predicted octanol–water partition coefficient (Wildman–Crippen LogP) is 5.34. The van der Waals surface area contributed by atoms with E-state index in [1.807, 2.05) is 18.2 Å². The van der Waals surface area contributed by atoms with Gasteiger partial charge in [-0.15, -0.1) is 6.42 Å². The van der Waals surface area contributed by atoms with E-state index in [1.54, 1.807) is 12.1 Å². The van der Waals surface area contributed by atoms with Crippen molar-refractivity contribution in [2.24, 2.45) is 0 Å². The molecule has 4 aliphatic heterocycles. The number of hydrogen-bond acceptors (Lipinski definition) is 7. The van der Waals surface area contributed by atoms with Gasteiger partial charge in [-0.1, -0.05) is 24.1 Å². The minimum Gasteiger partial charge on any atom is -0.508 e. The molecule has 0 amide bonds. The number of benzene rings is 3. The monoisotopic (exact) mass is 577 g/mol. The van der Waals surface area contributed by atoms with E-state index in [4.69, 9.17) is 21.1 Å². The molecule has 4 aromatic rings. The summed E-state index contributed by atoms with van der Waals surface area (Å²) in [5.41, 5.74) is 4.09. The molecule has 4 aliphatic rings. The van der Waals surface area contributed by atoms with Gasteiger partial charge in [-0.2, -0.15) is 9.97 Å². The van der Waals surface area contributed by atoms with Gasteiger partial charge in [0.2, 0.25) is 0 Å². The Morgan fingerprint density at radius 2 is 1.95 bits per heavy atom. The Labute approximate surface area is 251 Å². The van der Waals surface area contributed by atoms with Crippen molar-refractivity contribution in [2.75, 3.05) is 37.7 Å². The van der Waals surface area contributed by atoms with Crippen LogP contribution in [0.5, 0.6) is 11.8 Å². The maximum Gasteiger partial charge on any atom is 0.319 e. The fraction of sp³-hybridized carbons (Fsp3) is 0.429. The standard InChI is InChI=1S/C35H36FN5O2/c1-3-22-6-4-7-23-14-27(42)15-30(31(22)23)28-10-11-29-32(21(28)2)38-34(39-33(29)40-18-25-8-9-26(19-40)37-25)43-20-35-12-5-13-41(35)17-24(36)16-35/h1,4,6-7,10-11,14-15,24-26,37,42H,5,8-9,12-13,16-20H2,2H3/t24-,25-,26+,35+/m1/s1. The maximum atomic E-state index is 14.5. The van der Waals surface area contributed by atoms with E-state index in [1.165, 1.54) is 12.8 Å². The molecule has 4 saturated heterocycles. The largest absolute Gasteiger partial charge is 0.508 e. The van der Waals surface area contributed by atoms with Crippen LogP contribution in [0.3, 0.4) is 0 Å². The summed E-state index contributed by atoms with van der Waals surface area (Å²) in [6.45, 7) is 5.61. The molecule has 4 fully saturated rings. The number of halogens is 1. The number of anilines is 1. The predicted molar refractivity (Wildman–Crippen MR) is 168 cm³/mol. The van der Waals surface area contributed by atoms with E-state index >= 15 is 0 Å². The van der Waals surface area contributed by atoms with E-state index in [0.717, 1.165) is 82.2 Å². The first-order valence-electron chi connectivity index (χ1n) is 15.5. The molecule has 0 saturated carbocycles. The normalized spacial score (nSPS) is 26.7. The lowest BCUT2D eigenvalue weighted by Crippen LogP contribution is -2.51. The summed E-state index contributed by atoms with van der Waals surface area (Å²) in [7, 11) is 0. The van der Waals surface area contributed by atoms with Gasteiger partial charge in [0.1, 0.15) is 24.3 Å². The Bertz CT molecular complexity index is 1790. The lowest BCUT2D eigenvalue weighted by atomic mass is 9.91. The van der Waals surface area contributed by atoms with Crippen LogP contribution >= 0.6 is 0 Å². The van der Waals surface area contributed by atoms with E-state index < -0.39 is 6.17 Å². The van der Waals surface area contributed by atoms with Crippen molar-refractivity contribution in [2.45, 2.75) is 62.8 Å². The first kappa shape index (κ1) is 26.7. The molecule has 0 aliphatic carbocycles. The molecular weight excluding hydrogens is 541 g/mol. The average Bonchev–Trinajstić information content (AvgIpc) is 3.65. The number of alkyl halides is 1. The molecule has 2 N–H and O–H groups in total. The molecule has 43 heavy (non-hydrogen) atoms. The van der Waals surface area contributed by atoms with E-state index in [0.29, 0.717) is 37.7 Å². The summed E-state index contributed by atoms with van der Waals surface area (Å²) < 4.78 is 20.9. The number of rotatable bonds is 5. The Balaban J connectivity index is 1.27. The number of aryl methyl sites for hydroxylation is 1. The van der Waals surface area contributed by atoms with Crippen LogP contribution in [0.25, 0.3) is 32.8 Å². The Kier molecular flexibility index (Phi) is 6.25. The van der Waals surface area contributed by atoms with Crippen molar-refractivity contribution in [3.05, 3.63) is 53.6 Å². The van der Waals surface area contributed by atoms with Crippen LogP contribution in [0.1, 0.15) is 43.2 Å². The number of phenols is 1. The molecule has 8 heteroatoms. The van der Waals surface area contributed by atoms with Crippen LogP contribution in [0, 0.1) is 19.3 Å². The second-order valence-electron chi connectivity index (χ2n) is 12.9. The van der Waals surface area contributed by atoms with Gasteiger partial charge >= 0.3 is 6.01 Å². The number of aromatic hydroxyl groups is 1. The van der Waals surface area contributed by atoms with Crippen molar-refractivity contribution < 1.29 is 14.2 Å². The average molecular weight is 578 g/mol. The summed E-state index contributed by atoms with van der Waals surface area (Å²) in [5, 5.41) is 17.2. The van der Waals surface area contributed by atoms with Gasteiger partial charge in [0, 0.05) is 54.5 Å². The first-order valence-corrected chi connectivity index (χ1v) is 15.5. The second-order valence-corrected chi connectivity index (χ2v) is 12.9. The van der Waals surface area contributed by atoms with Crippen molar-refractivity contribution in [3.8, 4) is 35.2 Å². The topological polar surface area (TPSA) is 73.8 Å². The smallest absolute Gasteiger partial charge is 0.319 e. The molecule has 3 aromatic carbocycles. The minimum atomic E-state index is -0.817. The molecular formula is C35H36FN5O2. The van der Waals surface area contributed by atoms with Crippen LogP contribution < -0.4 is 15.0 Å². The summed E-state index contributed by atoms with van der Waals surface area (Å²) >= 11 is 0. The Morgan fingerprint density at radius 1 is 1.12 bits per heavy atom. The molecule has 4 atom stereocenters. The zero-order chi connectivity index (χ0) is 29.3. The SMILES string of the molecule is C#Cc1cccc2cc(O)cc(-c3ccc4c(N5C[C@H]6CC[C@@H](C5)N6)nc(OC[C@@]56CCCN5C[C@H](F)C6)nc4c3C)c12. The van der Waals surface area contributed by atoms with Crippen molar-refractivity contribution in [1.29, 1.82) is 0 Å². The highest BCUT2D eigenvalue weighted by Gasteiger charge is 2.49. The number of hydrogen-bond donors (Lipinski definition) is 2. The number of nitrogens with zero attached hydrogens (tertiary/aromatic N) is 4. The molecule has 0 unspecified atom stereocenters. The van der Waals surface area contributed by atoms with E-state index in [-0.39, 0.29) is 11.3 Å². The molecule has 0 radical (unpaired) electrons. The second kappa shape index (κ2) is 10.1. The summed E-state index contributed by atoms with van der Waals surface area (Å²) in [6.07, 6.45) is 9.93. The summed E-state index contributed by atoms with van der Waals surface area (Å²) in [6, 6.07) is 14.8. The number of terminal acetylenes is 1. The maximum absolute atomic E-state index is 14.5. The molecule has 0 spiro atoms. The van der Waals surface area contributed by atoms with E-state index in [2.05, 4.69) is 40.1 Å². The highest BCUT2D eigenvalue weighted by Crippen LogP contribution is 2.42. The number of aromatic nitrogens is 2. The molecule has 5 heterocycles. The highest BCUT2D eigenvalue weighted by molar-refractivity contribution is 6.05. The lowest BCUT2D eigenvalue weighted by Gasteiger charge is -2.35. The van der Waals surface area contributed by atoms with Gasteiger partial charge < -0.3 is 20.1 Å². The number of ether oxygens (including phenoxy) is 1. The van der Waals surface area contributed by atoms with Gasteiger partial charge in [0.15, 0.2) is 0 Å². The third kappa shape index (κ3) is 4.40. The molecule has 1 aromatic heterocycles. The summed E-state index contributed by atoms with van der Waals surface area (Å²) in [5.74, 6) is 3.89. The molecule has 8 rings (SSSR count). The zero-order valence-electron chi connectivity index (χ0n) is 24.4. The quantitative estimate of drug-likeness (QED) is 0.310. The van der Waals surface area contributed by atoms with Gasteiger partial charge in [0.05, 0.1) is 11.1 Å². The van der Waals surface area contributed by atoms with Crippen molar-refractivity contribution in [1.82, 2.24) is 20.2 Å². The van der Waals surface area contributed by atoms with Crippen molar-refractivity contribution in [3.63, 3.8) is 0 Å². The van der Waals surface area contributed by atoms with Crippen LogP contribution in [0.4, 0.5) is 10.2 Å². The Hall–Kier alpha value is -3.93. The Morgan fingerprint density at radius 3 is 2.77 bits per heavy atom. The van der Waals surface area contributed by atoms with Crippen LogP contribution in [0.15, 0.2) is 42.5 Å². The molecule has 7 nitrogen and oxygen atoms in total. The number of phenolic OH excluding ortho intramolecular Hbond substituents is 1. The minimum absolute atomic E-state index is 0.183. The van der Waals surface area contributed by atoms with Crippen LogP contribution in [0.2, 0.25) is 0 Å². The fourth-order valence-corrected chi connectivity index (χ4v) is 8.26. The number of fused-ring (bicyclic) bond motifs is 5. The lowest BCUT2D eigenvalue weighted by molar-refractivity contribution is 0.107. The molecule has 220 valence electrons. The first-order chi connectivity index (χ1) is 20.9. The van der Waals surface area contributed by atoms with Gasteiger partial charge in [0.25, 0.3) is 0 Å². The number of piperazine rings is 1. The third-order valence-corrected chi connectivity index (χ3v) is 10.2.